The summed E-state index contributed by atoms with van der Waals surface area (Å²) in [6.45, 7) is 0.910. The van der Waals surface area contributed by atoms with Crippen LogP contribution in [0.2, 0.25) is 0 Å². The fourth-order valence-corrected chi connectivity index (χ4v) is 1.72. The summed E-state index contributed by atoms with van der Waals surface area (Å²) >= 11 is 0. The van der Waals surface area contributed by atoms with Gasteiger partial charge >= 0.3 is 0 Å². The zero-order valence-corrected chi connectivity index (χ0v) is 13.1. The highest BCUT2D eigenvalue weighted by Gasteiger charge is 2.16. The summed E-state index contributed by atoms with van der Waals surface area (Å²) in [5.41, 5.74) is 0.123. The smallest absolute Gasteiger partial charge is 0.238 e. The van der Waals surface area contributed by atoms with Gasteiger partial charge < -0.3 is 15.0 Å². The summed E-state index contributed by atoms with van der Waals surface area (Å²) in [6, 6.07) is 5.94. The van der Waals surface area contributed by atoms with Gasteiger partial charge in [0.15, 0.2) is 0 Å². The van der Waals surface area contributed by atoms with Crippen molar-refractivity contribution in [2.45, 2.75) is 0 Å². The highest BCUT2D eigenvalue weighted by molar-refractivity contribution is 5.92. The first kappa shape index (κ1) is 18.1. The maximum absolute atomic E-state index is 13.5. The van der Waals surface area contributed by atoms with Crippen LogP contribution in [0, 0.1) is 5.82 Å². The van der Waals surface area contributed by atoms with Gasteiger partial charge in [-0.15, -0.1) is 0 Å². The monoisotopic (exact) mass is 311 g/mol. The van der Waals surface area contributed by atoms with Crippen LogP contribution in [-0.2, 0) is 14.3 Å². The maximum atomic E-state index is 13.5. The molecule has 0 bridgehead atoms. The number of methoxy groups -OCH3 is 1. The Hall–Kier alpha value is -1.99. The number of carbonyl (C=O) groups excluding carboxylic acids is 2. The number of nitrogens with one attached hydrogen (secondary N) is 1. The molecule has 1 rings (SSSR count). The first-order valence-corrected chi connectivity index (χ1v) is 6.90. The number of rotatable bonds is 8. The predicted molar refractivity (Wildman–Crippen MR) is 82.0 cm³/mol. The summed E-state index contributed by atoms with van der Waals surface area (Å²) in [5, 5.41) is 2.50. The Kier molecular flexibility index (Phi) is 7.48. The minimum atomic E-state index is -0.497. The van der Waals surface area contributed by atoms with E-state index in [1.165, 1.54) is 17.0 Å². The van der Waals surface area contributed by atoms with Crippen molar-refractivity contribution in [2.75, 3.05) is 52.8 Å². The molecule has 6 nitrogen and oxygen atoms in total. The number of carbonyl (C=O) groups is 2. The number of halogens is 1. The van der Waals surface area contributed by atoms with Crippen LogP contribution in [0.25, 0.3) is 0 Å². The predicted octanol–water partition coefficient (Wildman–Crippen LogP) is 0.801. The number of hydrogen-bond donors (Lipinski definition) is 1. The van der Waals surface area contributed by atoms with Crippen LogP contribution < -0.4 is 5.32 Å². The van der Waals surface area contributed by atoms with E-state index in [1.807, 2.05) is 0 Å². The quantitative estimate of drug-likeness (QED) is 0.771. The van der Waals surface area contributed by atoms with Crippen molar-refractivity contribution in [2.24, 2.45) is 0 Å². The fourth-order valence-electron chi connectivity index (χ4n) is 1.72. The summed E-state index contributed by atoms with van der Waals surface area (Å²) in [4.78, 5) is 26.9. The third-order valence-corrected chi connectivity index (χ3v) is 2.98. The molecule has 0 unspecified atom stereocenters. The third kappa shape index (κ3) is 6.19. The van der Waals surface area contributed by atoms with E-state index in [0.717, 1.165) is 0 Å². The molecule has 0 aliphatic heterocycles. The van der Waals surface area contributed by atoms with Crippen LogP contribution in [0.4, 0.5) is 10.1 Å². The minimum absolute atomic E-state index is 0.0166. The van der Waals surface area contributed by atoms with E-state index in [9.17, 15) is 14.0 Å². The van der Waals surface area contributed by atoms with E-state index in [1.54, 1.807) is 38.2 Å². The highest BCUT2D eigenvalue weighted by Crippen LogP contribution is 2.12. The molecule has 1 N–H and O–H groups in total. The van der Waals surface area contributed by atoms with Gasteiger partial charge in [-0.3, -0.25) is 14.5 Å². The molecule has 0 aliphatic rings. The van der Waals surface area contributed by atoms with Crippen LogP contribution >= 0.6 is 0 Å². The van der Waals surface area contributed by atoms with Crippen molar-refractivity contribution >= 4 is 17.5 Å². The largest absolute Gasteiger partial charge is 0.383 e. The van der Waals surface area contributed by atoms with E-state index >= 15 is 0 Å². The number of para-hydroxylation sites is 1. The van der Waals surface area contributed by atoms with Gasteiger partial charge in [-0.2, -0.15) is 0 Å². The lowest BCUT2D eigenvalue weighted by atomic mass is 10.3. The normalized spacial score (nSPS) is 10.6. The van der Waals surface area contributed by atoms with E-state index in [4.69, 9.17) is 4.74 Å². The number of benzene rings is 1. The maximum Gasteiger partial charge on any atom is 0.238 e. The van der Waals surface area contributed by atoms with Gasteiger partial charge in [0.25, 0.3) is 0 Å². The lowest BCUT2D eigenvalue weighted by Crippen LogP contribution is -2.42. The van der Waals surface area contributed by atoms with Crippen molar-refractivity contribution in [3.8, 4) is 0 Å². The van der Waals surface area contributed by atoms with Gasteiger partial charge in [0.1, 0.15) is 5.82 Å². The molecule has 0 radical (unpaired) electrons. The summed E-state index contributed by atoms with van der Waals surface area (Å²) in [5.74, 6) is -0.994. The van der Waals surface area contributed by atoms with E-state index in [0.29, 0.717) is 13.2 Å². The second-order valence-electron chi connectivity index (χ2n) is 5.02. The van der Waals surface area contributed by atoms with Gasteiger partial charge in [0, 0.05) is 27.7 Å². The molecule has 0 aromatic heterocycles. The Morgan fingerprint density at radius 1 is 1.23 bits per heavy atom. The van der Waals surface area contributed by atoms with E-state index in [-0.39, 0.29) is 30.6 Å². The Morgan fingerprint density at radius 3 is 2.50 bits per heavy atom. The number of ether oxygens (including phenoxy) is 1. The van der Waals surface area contributed by atoms with Crippen molar-refractivity contribution in [1.29, 1.82) is 0 Å². The molecule has 2 amide bonds. The second-order valence-corrected chi connectivity index (χ2v) is 5.02. The third-order valence-electron chi connectivity index (χ3n) is 2.98. The van der Waals surface area contributed by atoms with Gasteiger partial charge in [-0.1, -0.05) is 12.1 Å². The van der Waals surface area contributed by atoms with Crippen LogP contribution in [0.1, 0.15) is 0 Å². The van der Waals surface area contributed by atoms with Gasteiger partial charge in [0.2, 0.25) is 11.8 Å². The fraction of sp³-hybridized carbons (Fsp3) is 0.467. The van der Waals surface area contributed by atoms with Gasteiger partial charge in [-0.25, -0.2) is 4.39 Å². The second kappa shape index (κ2) is 9.11. The number of nitrogens with zero attached hydrogens (tertiary/aromatic N) is 2. The zero-order valence-electron chi connectivity index (χ0n) is 13.1. The van der Waals surface area contributed by atoms with Crippen LogP contribution in [0.15, 0.2) is 24.3 Å². The molecule has 0 spiro atoms. The average molecular weight is 311 g/mol. The Labute approximate surface area is 129 Å². The minimum Gasteiger partial charge on any atom is -0.383 e. The lowest BCUT2D eigenvalue weighted by Gasteiger charge is -2.22. The summed E-state index contributed by atoms with van der Waals surface area (Å²) in [7, 11) is 4.85. The summed E-state index contributed by atoms with van der Waals surface area (Å²) in [6.07, 6.45) is 0. The topological polar surface area (TPSA) is 61.9 Å². The van der Waals surface area contributed by atoms with Crippen LogP contribution in [-0.4, -0.2) is 69.1 Å². The summed E-state index contributed by atoms with van der Waals surface area (Å²) < 4.78 is 18.5. The Bertz CT molecular complexity index is 509. The highest BCUT2D eigenvalue weighted by atomic mass is 19.1. The Balaban J connectivity index is 2.62. The molecule has 0 fully saturated rings. The molecular formula is C15H22FN3O3. The molecule has 0 heterocycles. The molecule has 122 valence electrons. The number of hydrogen-bond acceptors (Lipinski definition) is 4. The molecule has 0 atom stereocenters. The van der Waals surface area contributed by atoms with Crippen LogP contribution in [0.3, 0.4) is 0 Å². The molecule has 0 saturated carbocycles. The van der Waals surface area contributed by atoms with Gasteiger partial charge in [-0.05, 0) is 12.1 Å². The van der Waals surface area contributed by atoms with Crippen molar-refractivity contribution in [3.63, 3.8) is 0 Å². The Morgan fingerprint density at radius 2 is 1.91 bits per heavy atom. The molecule has 1 aromatic carbocycles. The SMILES string of the molecule is COCCN(CC(=O)Nc1ccccc1F)CC(=O)N(C)C. The molecule has 0 aliphatic carbocycles. The first-order chi connectivity index (χ1) is 10.4. The van der Waals surface area contributed by atoms with E-state index in [2.05, 4.69) is 5.32 Å². The number of likely N-dealkylation sites (N-methyl/N-ethyl adjacent to an activating group) is 1. The average Bonchev–Trinajstić information content (AvgIpc) is 2.47. The van der Waals surface area contributed by atoms with Crippen LogP contribution in [0.5, 0.6) is 0 Å². The molecular weight excluding hydrogens is 289 g/mol. The van der Waals surface area contributed by atoms with Crippen molar-refractivity contribution in [1.82, 2.24) is 9.80 Å². The molecule has 0 saturated heterocycles. The van der Waals surface area contributed by atoms with E-state index < -0.39 is 5.82 Å². The van der Waals surface area contributed by atoms with Crippen molar-refractivity contribution in [3.05, 3.63) is 30.1 Å². The first-order valence-electron chi connectivity index (χ1n) is 6.90. The number of anilines is 1. The molecule has 7 heteroatoms. The standard InChI is InChI=1S/C15H22FN3O3/c1-18(2)15(21)11-19(8-9-22-3)10-14(20)17-13-7-5-4-6-12(13)16/h4-7H,8-11H2,1-3H3,(H,17,20). The zero-order chi connectivity index (χ0) is 16.5. The van der Waals surface area contributed by atoms with Gasteiger partial charge in [0.05, 0.1) is 25.4 Å². The number of amides is 2. The molecule has 1 aromatic rings. The lowest BCUT2D eigenvalue weighted by molar-refractivity contribution is -0.130. The van der Waals surface area contributed by atoms with Crippen molar-refractivity contribution < 1.29 is 18.7 Å². The molecule has 22 heavy (non-hydrogen) atoms.